The van der Waals surface area contributed by atoms with E-state index in [0.717, 1.165) is 28.3 Å². The van der Waals surface area contributed by atoms with Crippen molar-refractivity contribution in [1.82, 2.24) is 9.97 Å². The number of hydrazone groups is 1. The molecule has 1 heterocycles. The lowest BCUT2D eigenvalue weighted by Gasteiger charge is -2.12. The molecule has 5 heteroatoms. The van der Waals surface area contributed by atoms with E-state index in [-0.39, 0.29) is 0 Å². The van der Waals surface area contributed by atoms with Crippen LogP contribution in [0.3, 0.4) is 0 Å². The van der Waals surface area contributed by atoms with E-state index in [1.54, 1.807) is 0 Å². The number of aromatic nitrogens is 2. The third-order valence-corrected chi connectivity index (χ3v) is 3.82. The van der Waals surface area contributed by atoms with Crippen molar-refractivity contribution in [2.75, 3.05) is 5.43 Å². The van der Waals surface area contributed by atoms with Crippen LogP contribution in [0.4, 0.5) is 5.82 Å². The van der Waals surface area contributed by atoms with E-state index in [1.165, 1.54) is 0 Å². The Morgan fingerprint density at radius 2 is 1.73 bits per heavy atom. The van der Waals surface area contributed by atoms with Crippen LogP contribution in [-0.4, -0.2) is 15.7 Å². The lowest BCUT2D eigenvalue weighted by Crippen LogP contribution is -2.05. The lowest BCUT2D eigenvalue weighted by molar-refractivity contribution is 0.305. The van der Waals surface area contributed by atoms with Crippen molar-refractivity contribution in [3.8, 4) is 5.75 Å². The van der Waals surface area contributed by atoms with Gasteiger partial charge in [-0.2, -0.15) is 5.10 Å². The van der Waals surface area contributed by atoms with Gasteiger partial charge in [-0.3, -0.25) is 5.43 Å². The average molecular weight is 346 g/mol. The third kappa shape index (κ3) is 4.66. The van der Waals surface area contributed by atoms with Crippen LogP contribution in [0.1, 0.15) is 29.6 Å². The fourth-order valence-corrected chi connectivity index (χ4v) is 2.60. The number of hydrogen-bond donors (Lipinski definition) is 1. The smallest absolute Gasteiger partial charge is 0.150 e. The molecule has 132 valence electrons. The van der Waals surface area contributed by atoms with E-state index in [1.807, 2.05) is 81.4 Å². The van der Waals surface area contributed by atoms with Crippen LogP contribution in [0, 0.1) is 13.8 Å². The highest BCUT2D eigenvalue weighted by Gasteiger charge is 2.07. The summed E-state index contributed by atoms with van der Waals surface area (Å²) in [5, 5.41) is 4.46. The molecule has 0 spiro atoms. The number of anilines is 1. The third-order valence-electron chi connectivity index (χ3n) is 3.82. The zero-order chi connectivity index (χ0) is 18.4. The van der Waals surface area contributed by atoms with Crippen molar-refractivity contribution < 1.29 is 4.74 Å². The van der Waals surface area contributed by atoms with Gasteiger partial charge in [-0.05, 0) is 38.5 Å². The summed E-state index contributed by atoms with van der Waals surface area (Å²) in [5.74, 6) is 2.19. The maximum absolute atomic E-state index is 6.00. The van der Waals surface area contributed by atoms with Gasteiger partial charge < -0.3 is 4.74 Å². The largest absolute Gasteiger partial charge is 0.488 e. The summed E-state index contributed by atoms with van der Waals surface area (Å²) in [6, 6.07) is 19.9. The predicted molar refractivity (Wildman–Crippen MR) is 105 cm³/mol. The number of ether oxygens (including phenoxy) is 1. The van der Waals surface area contributed by atoms with E-state index in [4.69, 9.17) is 4.74 Å². The van der Waals surface area contributed by atoms with Crippen LogP contribution < -0.4 is 10.2 Å². The molecule has 2 aromatic carbocycles. The molecule has 1 N–H and O–H groups in total. The Hall–Kier alpha value is -3.21. The second kappa shape index (κ2) is 8.25. The van der Waals surface area contributed by atoms with E-state index in [2.05, 4.69) is 20.5 Å². The Balaban J connectivity index is 1.75. The summed E-state index contributed by atoms with van der Waals surface area (Å²) in [6.45, 7) is 6.26. The zero-order valence-corrected chi connectivity index (χ0v) is 15.2. The minimum atomic E-state index is 0.517. The highest BCUT2D eigenvalue weighted by molar-refractivity contribution is 6.01. The Morgan fingerprint density at radius 1 is 1.00 bits per heavy atom. The maximum atomic E-state index is 6.00. The van der Waals surface area contributed by atoms with Crippen molar-refractivity contribution in [3.05, 3.63) is 83.3 Å². The summed E-state index contributed by atoms with van der Waals surface area (Å²) < 4.78 is 6.00. The molecule has 0 aliphatic rings. The molecule has 0 amide bonds. The molecule has 26 heavy (non-hydrogen) atoms. The standard InChI is InChI=1S/C21H22N4O/c1-15-13-21(23-17(3)22-15)25-24-16(2)19-11-7-8-12-20(19)26-14-18-9-5-4-6-10-18/h4-13H,14H2,1-3H3,(H,22,23,25)/b24-16+. The van der Waals surface area contributed by atoms with Crippen LogP contribution in [-0.2, 0) is 6.61 Å². The Labute approximate surface area is 153 Å². The monoisotopic (exact) mass is 346 g/mol. The number of hydrogen-bond acceptors (Lipinski definition) is 5. The molecule has 0 atom stereocenters. The first-order valence-electron chi connectivity index (χ1n) is 8.50. The zero-order valence-electron chi connectivity index (χ0n) is 15.2. The second-order valence-electron chi connectivity index (χ2n) is 6.02. The Morgan fingerprint density at radius 3 is 2.50 bits per heavy atom. The van der Waals surface area contributed by atoms with Gasteiger partial charge in [-0.25, -0.2) is 9.97 Å². The molecule has 0 aliphatic carbocycles. The summed E-state index contributed by atoms with van der Waals surface area (Å²) in [4.78, 5) is 8.60. The van der Waals surface area contributed by atoms with Gasteiger partial charge in [-0.15, -0.1) is 0 Å². The minimum absolute atomic E-state index is 0.517. The van der Waals surface area contributed by atoms with Crippen LogP contribution in [0.5, 0.6) is 5.75 Å². The van der Waals surface area contributed by atoms with Crippen molar-refractivity contribution in [3.63, 3.8) is 0 Å². The number of benzene rings is 2. The van der Waals surface area contributed by atoms with Gasteiger partial charge in [0, 0.05) is 17.3 Å². The van der Waals surface area contributed by atoms with Crippen molar-refractivity contribution >= 4 is 11.5 Å². The van der Waals surface area contributed by atoms with Gasteiger partial charge in [0.2, 0.25) is 0 Å². The van der Waals surface area contributed by atoms with Crippen LogP contribution >= 0.6 is 0 Å². The van der Waals surface area contributed by atoms with E-state index < -0.39 is 0 Å². The Kier molecular flexibility index (Phi) is 5.59. The summed E-state index contributed by atoms with van der Waals surface area (Å²) >= 11 is 0. The van der Waals surface area contributed by atoms with E-state index >= 15 is 0 Å². The van der Waals surface area contributed by atoms with Crippen LogP contribution in [0.25, 0.3) is 0 Å². The molecule has 0 radical (unpaired) electrons. The topological polar surface area (TPSA) is 59.4 Å². The molecule has 1 aromatic heterocycles. The summed E-state index contributed by atoms with van der Waals surface area (Å²) in [6.07, 6.45) is 0. The van der Waals surface area contributed by atoms with E-state index in [0.29, 0.717) is 18.2 Å². The number of aryl methyl sites for hydroxylation is 2. The highest BCUT2D eigenvalue weighted by Crippen LogP contribution is 2.20. The quantitative estimate of drug-likeness (QED) is 0.527. The lowest BCUT2D eigenvalue weighted by atomic mass is 10.1. The van der Waals surface area contributed by atoms with Crippen molar-refractivity contribution in [1.29, 1.82) is 0 Å². The number of rotatable bonds is 6. The molecular formula is C21H22N4O. The first kappa shape index (κ1) is 17.6. The molecule has 0 aliphatic heterocycles. The number of nitrogens with zero attached hydrogens (tertiary/aromatic N) is 3. The van der Waals surface area contributed by atoms with Gasteiger partial charge in [0.1, 0.15) is 24.0 Å². The summed E-state index contributed by atoms with van der Waals surface area (Å²) in [7, 11) is 0. The normalized spacial score (nSPS) is 11.3. The molecule has 0 saturated heterocycles. The van der Waals surface area contributed by atoms with Crippen LogP contribution in [0.15, 0.2) is 65.8 Å². The minimum Gasteiger partial charge on any atom is -0.488 e. The fraction of sp³-hybridized carbons (Fsp3) is 0.190. The average Bonchev–Trinajstić information content (AvgIpc) is 2.65. The van der Waals surface area contributed by atoms with Crippen LogP contribution in [0.2, 0.25) is 0 Å². The number of para-hydroxylation sites is 1. The molecule has 0 fully saturated rings. The summed E-state index contributed by atoms with van der Waals surface area (Å²) in [5.41, 5.74) is 6.80. The fourth-order valence-electron chi connectivity index (χ4n) is 2.60. The highest BCUT2D eigenvalue weighted by atomic mass is 16.5. The van der Waals surface area contributed by atoms with Gasteiger partial charge in [0.15, 0.2) is 0 Å². The van der Waals surface area contributed by atoms with Crippen molar-refractivity contribution in [2.24, 2.45) is 5.10 Å². The molecule has 0 bridgehead atoms. The molecule has 5 nitrogen and oxygen atoms in total. The second-order valence-corrected chi connectivity index (χ2v) is 6.02. The molecule has 0 unspecified atom stereocenters. The SMILES string of the molecule is C/C(=N\Nc1cc(C)nc(C)n1)c1ccccc1OCc1ccccc1. The first-order valence-corrected chi connectivity index (χ1v) is 8.50. The van der Waals surface area contributed by atoms with E-state index in [9.17, 15) is 0 Å². The number of nitrogens with one attached hydrogen (secondary N) is 1. The van der Waals surface area contributed by atoms with Gasteiger partial charge >= 0.3 is 0 Å². The molecule has 3 rings (SSSR count). The van der Waals surface area contributed by atoms with Gasteiger partial charge in [0.05, 0.1) is 5.71 Å². The van der Waals surface area contributed by atoms with Gasteiger partial charge in [0.25, 0.3) is 0 Å². The van der Waals surface area contributed by atoms with Gasteiger partial charge in [-0.1, -0.05) is 42.5 Å². The van der Waals surface area contributed by atoms with Crippen molar-refractivity contribution in [2.45, 2.75) is 27.4 Å². The predicted octanol–water partition coefficient (Wildman–Crippen LogP) is 4.51. The molecule has 0 saturated carbocycles. The first-order chi connectivity index (χ1) is 12.6. The molecular weight excluding hydrogens is 324 g/mol. The molecule has 3 aromatic rings. The maximum Gasteiger partial charge on any atom is 0.150 e. The Bertz CT molecular complexity index is 887.